The molecule has 1 aromatic carbocycles. The third-order valence-corrected chi connectivity index (χ3v) is 2.08. The topological polar surface area (TPSA) is 17.1 Å². The summed E-state index contributed by atoms with van der Waals surface area (Å²) in [6, 6.07) is 8.00. The lowest BCUT2D eigenvalue weighted by Gasteiger charge is -1.94. The predicted octanol–water partition coefficient (Wildman–Crippen LogP) is 3.31. The van der Waals surface area contributed by atoms with Crippen LogP contribution in [0.2, 0.25) is 0 Å². The summed E-state index contributed by atoms with van der Waals surface area (Å²) in [6.07, 6.45) is 8.13. The van der Waals surface area contributed by atoms with Crippen molar-refractivity contribution in [3.05, 3.63) is 47.5 Å². The van der Waals surface area contributed by atoms with Crippen molar-refractivity contribution in [2.45, 2.75) is 0 Å². The fourth-order valence-electron chi connectivity index (χ4n) is 1.05. The van der Waals surface area contributed by atoms with Gasteiger partial charge in [-0.2, -0.15) is 0 Å². The molecule has 0 aliphatic heterocycles. The number of rotatable bonds is 4. The summed E-state index contributed by atoms with van der Waals surface area (Å²) < 4.78 is 0. The largest absolute Gasteiger partial charge is 0.299 e. The van der Waals surface area contributed by atoms with Crippen LogP contribution in [-0.4, -0.2) is 11.6 Å². The number of carbonyl (C=O) groups excluding carboxylic acids is 1. The number of aldehydes is 1. The van der Waals surface area contributed by atoms with E-state index in [-0.39, 0.29) is 0 Å². The van der Waals surface area contributed by atoms with Crippen molar-refractivity contribution in [1.82, 2.24) is 0 Å². The molecule has 1 aromatic rings. The van der Waals surface area contributed by atoms with Crippen LogP contribution in [-0.2, 0) is 4.79 Å². The highest BCUT2D eigenvalue weighted by molar-refractivity contribution is 9.09. The number of halogens is 1. The van der Waals surface area contributed by atoms with E-state index in [1.165, 1.54) is 6.08 Å². The average Bonchev–Trinajstić information content (AvgIpc) is 2.25. The zero-order valence-electron chi connectivity index (χ0n) is 7.69. The van der Waals surface area contributed by atoms with Crippen molar-refractivity contribution in [1.29, 1.82) is 0 Å². The smallest absolute Gasteiger partial charge is 0.142 e. The van der Waals surface area contributed by atoms with Gasteiger partial charge in [-0.3, -0.25) is 4.79 Å². The Bertz CT molecular complexity index is 336. The van der Waals surface area contributed by atoms with Crippen molar-refractivity contribution in [3.63, 3.8) is 0 Å². The monoisotopic (exact) mass is 250 g/mol. The molecule has 0 N–H and O–H groups in total. The van der Waals surface area contributed by atoms with Gasteiger partial charge in [0.2, 0.25) is 0 Å². The lowest BCUT2D eigenvalue weighted by molar-refractivity contribution is -0.104. The first-order valence-electron chi connectivity index (χ1n) is 4.31. The molecular formula is C12H11BrO. The quantitative estimate of drug-likeness (QED) is 0.456. The fraction of sp³-hybridized carbons (Fsp3) is 0.0833. The Kier molecular flexibility index (Phi) is 4.94. The molecule has 2 heteroatoms. The highest BCUT2D eigenvalue weighted by Crippen LogP contribution is 2.07. The molecule has 0 fully saturated rings. The number of hydrogen-bond acceptors (Lipinski definition) is 1. The minimum atomic E-state index is 0.776. The highest BCUT2D eigenvalue weighted by atomic mass is 79.9. The van der Waals surface area contributed by atoms with Gasteiger partial charge < -0.3 is 0 Å². The Morgan fingerprint density at radius 2 is 1.64 bits per heavy atom. The summed E-state index contributed by atoms with van der Waals surface area (Å²) in [5.41, 5.74) is 2.20. The van der Waals surface area contributed by atoms with E-state index in [1.807, 2.05) is 36.4 Å². The van der Waals surface area contributed by atoms with Crippen LogP contribution in [0.25, 0.3) is 12.2 Å². The van der Waals surface area contributed by atoms with E-state index in [4.69, 9.17) is 0 Å². The summed E-state index contributed by atoms with van der Waals surface area (Å²) >= 11 is 3.32. The molecule has 0 saturated heterocycles. The summed E-state index contributed by atoms with van der Waals surface area (Å²) in [4.78, 5) is 10.1. The Balaban J connectivity index is 2.73. The summed E-state index contributed by atoms with van der Waals surface area (Å²) in [5.74, 6) is 0. The van der Waals surface area contributed by atoms with Crippen molar-refractivity contribution in [2.24, 2.45) is 0 Å². The van der Waals surface area contributed by atoms with Gasteiger partial charge in [-0.1, -0.05) is 58.4 Å². The van der Waals surface area contributed by atoms with Crippen LogP contribution in [0, 0.1) is 0 Å². The maximum Gasteiger partial charge on any atom is 0.142 e. The molecule has 0 aliphatic carbocycles. The van der Waals surface area contributed by atoms with Crippen LogP contribution in [0.1, 0.15) is 11.1 Å². The van der Waals surface area contributed by atoms with Gasteiger partial charge in [-0.15, -0.1) is 0 Å². The normalized spacial score (nSPS) is 11.2. The van der Waals surface area contributed by atoms with Crippen molar-refractivity contribution >= 4 is 34.4 Å². The second-order valence-electron chi connectivity index (χ2n) is 2.72. The van der Waals surface area contributed by atoms with Gasteiger partial charge in [0.1, 0.15) is 6.29 Å². The van der Waals surface area contributed by atoms with Crippen molar-refractivity contribution in [2.75, 3.05) is 5.33 Å². The summed E-state index contributed by atoms with van der Waals surface area (Å²) in [7, 11) is 0. The molecular weight excluding hydrogens is 240 g/mol. The van der Waals surface area contributed by atoms with Gasteiger partial charge in [-0.05, 0) is 17.2 Å². The Labute approximate surface area is 92.3 Å². The van der Waals surface area contributed by atoms with Crippen LogP contribution < -0.4 is 0 Å². The maximum absolute atomic E-state index is 10.1. The van der Waals surface area contributed by atoms with Crippen LogP contribution >= 0.6 is 15.9 Å². The SMILES string of the molecule is O=C/C=C/c1ccc(C=CCBr)cc1. The Morgan fingerprint density at radius 1 is 1.07 bits per heavy atom. The molecule has 0 unspecified atom stereocenters. The van der Waals surface area contributed by atoms with Gasteiger partial charge in [0.05, 0.1) is 0 Å². The summed E-state index contributed by atoms with van der Waals surface area (Å²) in [6.45, 7) is 0. The van der Waals surface area contributed by atoms with Gasteiger partial charge in [0, 0.05) is 5.33 Å². The maximum atomic E-state index is 10.1. The molecule has 14 heavy (non-hydrogen) atoms. The molecule has 0 bridgehead atoms. The van der Waals surface area contributed by atoms with Crippen LogP contribution in [0.5, 0.6) is 0 Å². The molecule has 0 heterocycles. The van der Waals surface area contributed by atoms with Crippen LogP contribution in [0.4, 0.5) is 0 Å². The predicted molar refractivity (Wildman–Crippen MR) is 64.4 cm³/mol. The van der Waals surface area contributed by atoms with E-state index in [9.17, 15) is 4.79 Å². The lowest BCUT2D eigenvalue weighted by Crippen LogP contribution is -1.74. The first kappa shape index (κ1) is 10.9. The van der Waals surface area contributed by atoms with Gasteiger partial charge in [0.25, 0.3) is 0 Å². The van der Waals surface area contributed by atoms with E-state index >= 15 is 0 Å². The van der Waals surface area contributed by atoms with Crippen molar-refractivity contribution < 1.29 is 4.79 Å². The number of allylic oxidation sites excluding steroid dienone is 2. The first-order valence-corrected chi connectivity index (χ1v) is 5.43. The average molecular weight is 251 g/mol. The Morgan fingerprint density at radius 3 is 2.14 bits per heavy atom. The highest BCUT2D eigenvalue weighted by Gasteiger charge is 1.87. The van der Waals surface area contributed by atoms with E-state index < -0.39 is 0 Å². The third kappa shape index (κ3) is 3.71. The zero-order chi connectivity index (χ0) is 10.2. The standard InChI is InChI=1S/C12H11BrO/c13-9-1-3-11-5-7-12(8-6-11)4-2-10-14/h1-8,10H,9H2/b3-1?,4-2+. The summed E-state index contributed by atoms with van der Waals surface area (Å²) in [5, 5.41) is 0.861. The second-order valence-corrected chi connectivity index (χ2v) is 3.37. The lowest BCUT2D eigenvalue weighted by atomic mass is 10.1. The molecule has 0 saturated carbocycles. The third-order valence-electron chi connectivity index (χ3n) is 1.70. The first-order chi connectivity index (χ1) is 6.86. The molecule has 72 valence electrons. The fourth-order valence-corrected chi connectivity index (χ4v) is 1.24. The molecule has 0 spiro atoms. The molecule has 0 atom stereocenters. The molecule has 1 nitrogen and oxygen atoms in total. The minimum Gasteiger partial charge on any atom is -0.299 e. The second kappa shape index (κ2) is 6.33. The number of hydrogen-bond donors (Lipinski definition) is 0. The van der Waals surface area contributed by atoms with Crippen LogP contribution in [0.15, 0.2) is 36.4 Å². The van der Waals surface area contributed by atoms with Gasteiger partial charge in [-0.25, -0.2) is 0 Å². The molecule has 0 aliphatic rings. The molecule has 0 aromatic heterocycles. The molecule has 0 radical (unpaired) electrons. The number of benzene rings is 1. The van der Waals surface area contributed by atoms with E-state index in [1.54, 1.807) is 6.08 Å². The number of alkyl halides is 1. The van der Waals surface area contributed by atoms with Gasteiger partial charge >= 0.3 is 0 Å². The van der Waals surface area contributed by atoms with E-state index in [0.717, 1.165) is 22.7 Å². The van der Waals surface area contributed by atoms with Crippen molar-refractivity contribution in [3.8, 4) is 0 Å². The van der Waals surface area contributed by atoms with Crippen LogP contribution in [0.3, 0.4) is 0 Å². The molecule has 1 rings (SSSR count). The van der Waals surface area contributed by atoms with Gasteiger partial charge in [0.15, 0.2) is 0 Å². The minimum absolute atomic E-state index is 0.776. The zero-order valence-corrected chi connectivity index (χ0v) is 9.28. The van der Waals surface area contributed by atoms with E-state index in [0.29, 0.717) is 0 Å². The van der Waals surface area contributed by atoms with E-state index in [2.05, 4.69) is 15.9 Å². The Hall–Kier alpha value is -1.15. The number of carbonyl (C=O) groups is 1. The molecule has 0 amide bonds.